The third-order valence-electron chi connectivity index (χ3n) is 3.35. The van der Waals surface area contributed by atoms with Crippen molar-refractivity contribution in [3.05, 3.63) is 71.0 Å². The average molecular weight is 284 g/mol. The topological polar surface area (TPSA) is 56.0 Å². The summed E-state index contributed by atoms with van der Waals surface area (Å²) < 4.78 is 13.3. The number of aliphatic hydroxyl groups is 1. The summed E-state index contributed by atoms with van der Waals surface area (Å²) in [5.41, 5.74) is 2.14. The van der Waals surface area contributed by atoms with Crippen LogP contribution in [0.5, 0.6) is 0 Å². The molecule has 0 aliphatic carbocycles. The Balaban J connectivity index is 2.13. The van der Waals surface area contributed by atoms with Gasteiger partial charge in [0.15, 0.2) is 0 Å². The summed E-state index contributed by atoms with van der Waals surface area (Å²) in [5, 5.41) is 21.5. The second kappa shape index (κ2) is 7.53. The van der Waals surface area contributed by atoms with Crippen molar-refractivity contribution in [2.45, 2.75) is 19.0 Å². The van der Waals surface area contributed by atoms with E-state index in [-0.39, 0.29) is 18.5 Å². The quantitative estimate of drug-likeness (QED) is 0.857. The monoisotopic (exact) mass is 284 g/mol. The van der Waals surface area contributed by atoms with Crippen LogP contribution in [0.4, 0.5) is 4.39 Å². The van der Waals surface area contributed by atoms with Crippen molar-refractivity contribution in [2.75, 3.05) is 6.61 Å². The molecule has 0 radical (unpaired) electrons. The lowest BCUT2D eigenvalue weighted by molar-refractivity contribution is 0.265. The molecule has 0 heterocycles. The Hall–Kier alpha value is -2.22. The molecule has 0 saturated carbocycles. The lowest BCUT2D eigenvalue weighted by Crippen LogP contribution is -2.22. The summed E-state index contributed by atoms with van der Waals surface area (Å²) in [5.74, 6) is -0.357. The van der Waals surface area contributed by atoms with Crippen molar-refractivity contribution in [1.29, 1.82) is 5.26 Å². The molecule has 0 aliphatic heterocycles. The molecule has 0 fully saturated rings. The fourth-order valence-electron chi connectivity index (χ4n) is 2.25. The van der Waals surface area contributed by atoms with Crippen molar-refractivity contribution >= 4 is 0 Å². The van der Waals surface area contributed by atoms with Crippen molar-refractivity contribution < 1.29 is 9.50 Å². The minimum Gasteiger partial charge on any atom is -0.396 e. The van der Waals surface area contributed by atoms with E-state index in [1.54, 1.807) is 0 Å². The third kappa shape index (κ3) is 4.12. The van der Waals surface area contributed by atoms with Gasteiger partial charge in [-0.05, 0) is 35.7 Å². The first-order valence-corrected chi connectivity index (χ1v) is 6.82. The maximum absolute atomic E-state index is 13.3. The van der Waals surface area contributed by atoms with Gasteiger partial charge in [-0.3, -0.25) is 0 Å². The van der Waals surface area contributed by atoms with Gasteiger partial charge in [-0.25, -0.2) is 4.39 Å². The highest BCUT2D eigenvalue weighted by Gasteiger charge is 2.11. The molecule has 2 rings (SSSR count). The molecule has 108 valence electrons. The molecule has 0 aromatic heterocycles. The molecule has 2 aromatic carbocycles. The maximum Gasteiger partial charge on any atom is 0.123 e. The normalized spacial score (nSPS) is 11.9. The zero-order valence-corrected chi connectivity index (χ0v) is 11.6. The predicted molar refractivity (Wildman–Crippen MR) is 78.8 cm³/mol. The second-order valence-corrected chi connectivity index (χ2v) is 4.77. The van der Waals surface area contributed by atoms with Gasteiger partial charge in [0.25, 0.3) is 0 Å². The third-order valence-corrected chi connectivity index (χ3v) is 3.35. The lowest BCUT2D eigenvalue weighted by atomic mass is 10.0. The number of hydrogen-bond acceptors (Lipinski definition) is 3. The molecule has 21 heavy (non-hydrogen) atoms. The van der Waals surface area contributed by atoms with Crippen LogP contribution < -0.4 is 5.32 Å². The van der Waals surface area contributed by atoms with E-state index in [2.05, 4.69) is 11.4 Å². The van der Waals surface area contributed by atoms with Crippen LogP contribution >= 0.6 is 0 Å². The van der Waals surface area contributed by atoms with E-state index in [4.69, 9.17) is 5.26 Å². The number of nitrogens with one attached hydrogen (secondary N) is 1. The van der Waals surface area contributed by atoms with Gasteiger partial charge in [0.2, 0.25) is 0 Å². The SMILES string of the molecule is N#Cc1ccc(F)cc1CNC(CCO)c1ccccc1. The highest BCUT2D eigenvalue weighted by molar-refractivity contribution is 5.37. The van der Waals surface area contributed by atoms with Gasteiger partial charge < -0.3 is 10.4 Å². The molecular formula is C17H17FN2O. The van der Waals surface area contributed by atoms with E-state index in [0.717, 1.165) is 5.56 Å². The zero-order chi connectivity index (χ0) is 15.1. The van der Waals surface area contributed by atoms with Gasteiger partial charge in [0.05, 0.1) is 11.6 Å². The highest BCUT2D eigenvalue weighted by atomic mass is 19.1. The number of rotatable bonds is 6. The molecule has 0 saturated heterocycles. The van der Waals surface area contributed by atoms with Gasteiger partial charge in [-0.2, -0.15) is 5.26 Å². The van der Waals surface area contributed by atoms with E-state index in [1.807, 2.05) is 30.3 Å². The molecular weight excluding hydrogens is 267 g/mol. The van der Waals surface area contributed by atoms with E-state index in [9.17, 15) is 9.50 Å². The lowest BCUT2D eigenvalue weighted by Gasteiger charge is -2.18. The molecule has 1 unspecified atom stereocenters. The number of nitrogens with zero attached hydrogens (tertiary/aromatic N) is 1. The van der Waals surface area contributed by atoms with Crippen LogP contribution in [-0.2, 0) is 6.54 Å². The molecule has 3 nitrogen and oxygen atoms in total. The summed E-state index contributed by atoms with van der Waals surface area (Å²) >= 11 is 0. The maximum atomic E-state index is 13.3. The molecule has 2 aromatic rings. The molecule has 4 heteroatoms. The number of halogens is 1. The first kappa shape index (κ1) is 15.2. The molecule has 0 bridgehead atoms. The minimum absolute atomic E-state index is 0.0361. The highest BCUT2D eigenvalue weighted by Crippen LogP contribution is 2.18. The largest absolute Gasteiger partial charge is 0.396 e. The molecule has 2 N–H and O–H groups in total. The number of benzene rings is 2. The number of hydrogen-bond donors (Lipinski definition) is 2. The average Bonchev–Trinajstić information content (AvgIpc) is 2.52. The first-order chi connectivity index (χ1) is 10.2. The van der Waals surface area contributed by atoms with Crippen LogP contribution in [0.25, 0.3) is 0 Å². The Morgan fingerprint density at radius 2 is 1.95 bits per heavy atom. The second-order valence-electron chi connectivity index (χ2n) is 4.77. The molecule has 0 aliphatic rings. The first-order valence-electron chi connectivity index (χ1n) is 6.82. The van der Waals surface area contributed by atoms with Crippen molar-refractivity contribution in [1.82, 2.24) is 5.32 Å². The zero-order valence-electron chi connectivity index (χ0n) is 11.6. The van der Waals surface area contributed by atoms with Crippen molar-refractivity contribution in [2.24, 2.45) is 0 Å². The Kier molecular flexibility index (Phi) is 5.44. The molecule has 0 amide bonds. The van der Waals surface area contributed by atoms with E-state index in [1.165, 1.54) is 18.2 Å². The van der Waals surface area contributed by atoms with Crippen molar-refractivity contribution in [3.63, 3.8) is 0 Å². The Morgan fingerprint density at radius 3 is 2.62 bits per heavy atom. The fourth-order valence-corrected chi connectivity index (χ4v) is 2.25. The fraction of sp³-hybridized carbons (Fsp3) is 0.235. The van der Waals surface area contributed by atoms with Crippen LogP contribution in [0.3, 0.4) is 0 Å². The molecule has 0 spiro atoms. The minimum atomic E-state index is -0.357. The van der Waals surface area contributed by atoms with Gasteiger partial charge >= 0.3 is 0 Å². The Bertz CT molecular complexity index is 622. The van der Waals surface area contributed by atoms with Gasteiger partial charge in [0.1, 0.15) is 5.82 Å². The van der Waals surface area contributed by atoms with E-state index < -0.39 is 0 Å². The van der Waals surface area contributed by atoms with Gasteiger partial charge in [0, 0.05) is 19.2 Å². The predicted octanol–water partition coefficient (Wildman–Crippen LogP) is 2.91. The summed E-state index contributed by atoms with van der Waals surface area (Å²) in [7, 11) is 0. The smallest absolute Gasteiger partial charge is 0.123 e. The molecule has 1 atom stereocenters. The number of nitriles is 1. The van der Waals surface area contributed by atoms with Crippen LogP contribution in [0, 0.1) is 17.1 Å². The Morgan fingerprint density at radius 1 is 1.19 bits per heavy atom. The van der Waals surface area contributed by atoms with Crippen LogP contribution in [0.15, 0.2) is 48.5 Å². The van der Waals surface area contributed by atoms with Crippen LogP contribution in [-0.4, -0.2) is 11.7 Å². The van der Waals surface area contributed by atoms with Crippen molar-refractivity contribution in [3.8, 4) is 6.07 Å². The summed E-state index contributed by atoms with van der Waals surface area (Å²) in [6, 6.07) is 15.9. The summed E-state index contributed by atoms with van der Waals surface area (Å²) in [6.07, 6.45) is 0.557. The van der Waals surface area contributed by atoms with Gasteiger partial charge in [-0.15, -0.1) is 0 Å². The standard InChI is InChI=1S/C17H17FN2O/c18-16-7-6-14(11-19)15(10-16)12-20-17(8-9-21)13-4-2-1-3-5-13/h1-7,10,17,20-21H,8-9,12H2. The van der Waals surface area contributed by atoms with E-state index >= 15 is 0 Å². The summed E-state index contributed by atoms with van der Waals surface area (Å²) in [4.78, 5) is 0. The van der Waals surface area contributed by atoms with Gasteiger partial charge in [-0.1, -0.05) is 30.3 Å². The van der Waals surface area contributed by atoms with Crippen LogP contribution in [0.2, 0.25) is 0 Å². The Labute approximate surface area is 123 Å². The number of aliphatic hydroxyl groups excluding tert-OH is 1. The van der Waals surface area contributed by atoms with E-state index in [0.29, 0.717) is 24.1 Å². The summed E-state index contributed by atoms with van der Waals surface area (Å²) in [6.45, 7) is 0.432. The van der Waals surface area contributed by atoms with Crippen LogP contribution in [0.1, 0.15) is 29.2 Å².